The molecule has 0 spiro atoms. The van der Waals surface area contributed by atoms with Gasteiger partial charge in [-0.15, -0.1) is 0 Å². The minimum Gasteiger partial charge on any atom is -0.279 e. The molecule has 11 heavy (non-hydrogen) atoms. The minimum absolute atomic E-state index is 0.465. The van der Waals surface area contributed by atoms with E-state index in [1.165, 1.54) is 8.61 Å². The summed E-state index contributed by atoms with van der Waals surface area (Å²) in [4.78, 5) is 1.92. The Morgan fingerprint density at radius 1 is 1.00 bits per heavy atom. The lowest BCUT2D eigenvalue weighted by atomic mass is 10.8. The molecule has 66 valence electrons. The molecule has 1 fully saturated rings. The molecule has 0 aromatic carbocycles. The van der Waals surface area contributed by atoms with Crippen LogP contribution in [0.2, 0.25) is 0 Å². The van der Waals surface area contributed by atoms with Gasteiger partial charge in [0, 0.05) is 14.1 Å². The Bertz CT molecular complexity index is 220. The second-order valence-corrected chi connectivity index (χ2v) is 4.98. The summed E-state index contributed by atoms with van der Waals surface area (Å²) >= 11 is 0. The standard InChI is InChI=1S/C5H13N3O2S/c1-6-4-7(2)11(9,10)8(3)5-6/h4-5H2,1-3H3. The predicted molar refractivity (Wildman–Crippen MR) is 41.9 cm³/mol. The maximum atomic E-state index is 11.3. The molecule has 0 amide bonds. The molecule has 1 rings (SSSR count). The average molecular weight is 179 g/mol. The number of hydrogen-bond acceptors (Lipinski definition) is 3. The molecular weight excluding hydrogens is 166 g/mol. The third-order valence-corrected chi connectivity index (χ3v) is 3.48. The fraction of sp³-hybridized carbons (Fsp3) is 1.00. The molecule has 1 saturated heterocycles. The quantitative estimate of drug-likeness (QED) is 0.477. The lowest BCUT2D eigenvalue weighted by Gasteiger charge is -2.35. The van der Waals surface area contributed by atoms with Crippen LogP contribution >= 0.6 is 0 Å². The SMILES string of the molecule is CN1CN(C)S(=O)(=O)N(C)C1. The van der Waals surface area contributed by atoms with Gasteiger partial charge in [0.25, 0.3) is 10.2 Å². The van der Waals surface area contributed by atoms with Gasteiger partial charge < -0.3 is 0 Å². The van der Waals surface area contributed by atoms with Crippen LogP contribution in [0.5, 0.6) is 0 Å². The van der Waals surface area contributed by atoms with Crippen LogP contribution in [0.4, 0.5) is 0 Å². The van der Waals surface area contributed by atoms with Gasteiger partial charge >= 0.3 is 0 Å². The molecule has 6 heteroatoms. The second-order valence-electron chi connectivity index (χ2n) is 2.84. The first-order valence-corrected chi connectivity index (χ1v) is 4.70. The van der Waals surface area contributed by atoms with Gasteiger partial charge in [-0.05, 0) is 7.05 Å². The molecule has 1 aliphatic heterocycles. The molecule has 1 heterocycles. The number of hydrogen-bond donors (Lipinski definition) is 0. The molecule has 0 aromatic rings. The van der Waals surface area contributed by atoms with Crippen molar-refractivity contribution in [2.24, 2.45) is 0 Å². The Balaban J connectivity index is 2.85. The topological polar surface area (TPSA) is 43.9 Å². The van der Waals surface area contributed by atoms with Crippen molar-refractivity contribution in [3.8, 4) is 0 Å². The van der Waals surface area contributed by atoms with Gasteiger partial charge in [0.05, 0.1) is 13.3 Å². The number of nitrogens with zero attached hydrogens (tertiary/aromatic N) is 3. The Kier molecular flexibility index (Phi) is 2.19. The highest BCUT2D eigenvalue weighted by Crippen LogP contribution is 2.10. The van der Waals surface area contributed by atoms with Crippen LogP contribution in [-0.2, 0) is 10.2 Å². The van der Waals surface area contributed by atoms with Crippen molar-refractivity contribution in [3.63, 3.8) is 0 Å². The first-order valence-electron chi connectivity index (χ1n) is 3.31. The maximum absolute atomic E-state index is 11.3. The van der Waals surface area contributed by atoms with Crippen LogP contribution in [0, 0.1) is 0 Å². The molecule has 0 aromatic heterocycles. The fourth-order valence-electron chi connectivity index (χ4n) is 1.11. The van der Waals surface area contributed by atoms with Crippen molar-refractivity contribution < 1.29 is 8.42 Å². The first kappa shape index (κ1) is 8.92. The Morgan fingerprint density at radius 2 is 1.36 bits per heavy atom. The largest absolute Gasteiger partial charge is 0.283 e. The van der Waals surface area contributed by atoms with Crippen LogP contribution in [-0.4, -0.2) is 56.4 Å². The number of rotatable bonds is 0. The Morgan fingerprint density at radius 3 is 1.73 bits per heavy atom. The molecule has 1 aliphatic rings. The summed E-state index contributed by atoms with van der Waals surface area (Å²) < 4.78 is 25.2. The summed E-state index contributed by atoms with van der Waals surface area (Å²) in [7, 11) is 1.87. The molecule has 0 aliphatic carbocycles. The summed E-state index contributed by atoms with van der Waals surface area (Å²) in [5.41, 5.74) is 0. The van der Waals surface area contributed by atoms with Gasteiger partial charge in [0.2, 0.25) is 0 Å². The van der Waals surface area contributed by atoms with Gasteiger partial charge in [-0.1, -0.05) is 0 Å². The zero-order valence-electron chi connectivity index (χ0n) is 6.98. The van der Waals surface area contributed by atoms with Crippen molar-refractivity contribution in [1.29, 1.82) is 0 Å². The molecule has 0 atom stereocenters. The van der Waals surface area contributed by atoms with Crippen LogP contribution in [0.15, 0.2) is 0 Å². The van der Waals surface area contributed by atoms with Crippen LogP contribution in [0.25, 0.3) is 0 Å². The van der Waals surface area contributed by atoms with Crippen LogP contribution in [0.1, 0.15) is 0 Å². The second kappa shape index (κ2) is 2.71. The summed E-state index contributed by atoms with van der Waals surface area (Å²) in [6.45, 7) is 0.930. The highest BCUT2D eigenvalue weighted by Gasteiger charge is 2.29. The van der Waals surface area contributed by atoms with E-state index >= 15 is 0 Å². The van der Waals surface area contributed by atoms with E-state index in [0.717, 1.165) is 0 Å². The zero-order chi connectivity index (χ0) is 8.65. The van der Waals surface area contributed by atoms with Crippen LogP contribution in [0.3, 0.4) is 0 Å². The molecule has 0 bridgehead atoms. The minimum atomic E-state index is -3.15. The van der Waals surface area contributed by atoms with Crippen molar-refractivity contribution in [3.05, 3.63) is 0 Å². The van der Waals surface area contributed by atoms with E-state index in [1.54, 1.807) is 14.1 Å². The molecule has 5 nitrogen and oxygen atoms in total. The van der Waals surface area contributed by atoms with E-state index in [2.05, 4.69) is 0 Å². The highest BCUT2D eigenvalue weighted by atomic mass is 32.2. The van der Waals surface area contributed by atoms with Gasteiger partial charge in [-0.3, -0.25) is 4.90 Å². The van der Waals surface area contributed by atoms with Crippen molar-refractivity contribution in [2.75, 3.05) is 34.5 Å². The Labute approximate surface area is 67.4 Å². The molecule has 0 radical (unpaired) electrons. The zero-order valence-corrected chi connectivity index (χ0v) is 7.80. The van der Waals surface area contributed by atoms with Crippen molar-refractivity contribution in [1.82, 2.24) is 13.5 Å². The first-order chi connectivity index (χ1) is 4.94. The Hall–Kier alpha value is -0.170. The van der Waals surface area contributed by atoms with E-state index in [0.29, 0.717) is 13.3 Å². The maximum Gasteiger partial charge on any atom is 0.283 e. The van der Waals surface area contributed by atoms with E-state index in [1.807, 2.05) is 11.9 Å². The lowest BCUT2D eigenvalue weighted by molar-refractivity contribution is 0.155. The summed E-state index contributed by atoms with van der Waals surface area (Å²) in [6, 6.07) is 0. The average Bonchev–Trinajstić information content (AvgIpc) is 1.84. The highest BCUT2D eigenvalue weighted by molar-refractivity contribution is 7.86. The molecule has 0 saturated carbocycles. The van der Waals surface area contributed by atoms with Crippen LogP contribution < -0.4 is 0 Å². The summed E-state index contributed by atoms with van der Waals surface area (Å²) in [6.07, 6.45) is 0. The monoisotopic (exact) mass is 179 g/mol. The van der Waals surface area contributed by atoms with E-state index in [-0.39, 0.29) is 0 Å². The molecular formula is C5H13N3O2S. The smallest absolute Gasteiger partial charge is 0.279 e. The van der Waals surface area contributed by atoms with Gasteiger partial charge in [-0.25, -0.2) is 0 Å². The van der Waals surface area contributed by atoms with E-state index in [4.69, 9.17) is 0 Å². The van der Waals surface area contributed by atoms with Gasteiger partial charge in [0.1, 0.15) is 0 Å². The van der Waals surface area contributed by atoms with Gasteiger partial charge in [0.15, 0.2) is 0 Å². The molecule has 0 N–H and O–H groups in total. The summed E-state index contributed by atoms with van der Waals surface area (Å²) in [5, 5.41) is 0. The van der Waals surface area contributed by atoms with E-state index in [9.17, 15) is 8.42 Å². The lowest BCUT2D eigenvalue weighted by Crippen LogP contribution is -2.53. The molecule has 0 unspecified atom stereocenters. The summed E-state index contributed by atoms with van der Waals surface area (Å²) in [5.74, 6) is 0. The third kappa shape index (κ3) is 1.53. The van der Waals surface area contributed by atoms with Gasteiger partial charge in [-0.2, -0.15) is 17.0 Å². The van der Waals surface area contributed by atoms with E-state index < -0.39 is 10.2 Å². The predicted octanol–water partition coefficient (Wildman–Crippen LogP) is -1.04. The van der Waals surface area contributed by atoms with Crippen molar-refractivity contribution >= 4 is 10.2 Å². The fourth-order valence-corrected chi connectivity index (χ4v) is 2.27. The third-order valence-electron chi connectivity index (χ3n) is 1.67. The normalized spacial score (nSPS) is 29.0. The van der Waals surface area contributed by atoms with Crippen molar-refractivity contribution in [2.45, 2.75) is 0 Å².